The van der Waals surface area contributed by atoms with Gasteiger partial charge in [0.1, 0.15) is 5.00 Å². The highest BCUT2D eigenvalue weighted by molar-refractivity contribution is 7.15. The highest BCUT2D eigenvalue weighted by Gasteiger charge is 2.22. The van der Waals surface area contributed by atoms with Crippen LogP contribution in [0.3, 0.4) is 0 Å². The van der Waals surface area contributed by atoms with Crippen molar-refractivity contribution in [3.8, 4) is 0 Å². The van der Waals surface area contributed by atoms with Crippen molar-refractivity contribution < 1.29 is 14.3 Å². The predicted molar refractivity (Wildman–Crippen MR) is 114 cm³/mol. The molecule has 0 aliphatic rings. The number of methoxy groups -OCH3 is 1. The number of nitrogens with zero attached hydrogens (tertiary/aromatic N) is 2. The summed E-state index contributed by atoms with van der Waals surface area (Å²) in [6.07, 6.45) is 0.691. The molecule has 0 radical (unpaired) electrons. The molecule has 0 unspecified atom stereocenters. The maximum absolute atomic E-state index is 12.7. The Morgan fingerprint density at radius 1 is 1.24 bits per heavy atom. The Bertz CT molecular complexity index is 1130. The Morgan fingerprint density at radius 2 is 1.93 bits per heavy atom. The number of rotatable bonds is 6. The molecule has 1 amide bonds. The molecule has 0 bridgehead atoms. The van der Waals surface area contributed by atoms with Crippen LogP contribution in [0.15, 0.2) is 34.4 Å². The second-order valence-electron chi connectivity index (χ2n) is 7.20. The van der Waals surface area contributed by atoms with E-state index in [9.17, 15) is 14.4 Å². The van der Waals surface area contributed by atoms with Crippen molar-refractivity contribution in [2.24, 2.45) is 13.0 Å². The third-order valence-corrected chi connectivity index (χ3v) is 5.44. The van der Waals surface area contributed by atoms with Gasteiger partial charge in [0, 0.05) is 12.4 Å². The lowest BCUT2D eigenvalue weighted by Gasteiger charge is -2.10. The molecule has 0 atom stereocenters. The highest BCUT2D eigenvalue weighted by atomic mass is 32.1. The normalized spacial score (nSPS) is 11.1. The number of fused-ring (bicyclic) bond motifs is 1. The molecular weight excluding hydrogens is 390 g/mol. The van der Waals surface area contributed by atoms with Gasteiger partial charge in [0.05, 0.1) is 30.2 Å². The maximum atomic E-state index is 12.7. The number of hydrogen-bond acceptors (Lipinski definition) is 6. The number of hydrogen-bond donors (Lipinski definition) is 1. The molecule has 0 spiro atoms. The average Bonchev–Trinajstić information content (AvgIpc) is 3.06. The topological polar surface area (TPSA) is 90.3 Å². The minimum absolute atomic E-state index is 0.0212. The molecule has 0 aliphatic carbocycles. The summed E-state index contributed by atoms with van der Waals surface area (Å²) in [5.74, 6) is -0.426. The van der Waals surface area contributed by atoms with E-state index < -0.39 is 5.97 Å². The quantitative estimate of drug-likeness (QED) is 0.627. The number of esters is 1. The van der Waals surface area contributed by atoms with Gasteiger partial charge in [-0.3, -0.25) is 9.59 Å². The van der Waals surface area contributed by atoms with E-state index in [1.54, 1.807) is 31.3 Å². The van der Waals surface area contributed by atoms with Gasteiger partial charge in [0.15, 0.2) is 0 Å². The molecule has 0 saturated carbocycles. The fourth-order valence-electron chi connectivity index (χ4n) is 3.23. The Kier molecular flexibility index (Phi) is 6.12. The number of aryl methyl sites for hydroxylation is 1. The zero-order valence-electron chi connectivity index (χ0n) is 16.8. The third-order valence-electron chi connectivity index (χ3n) is 4.50. The molecule has 2 heterocycles. The lowest BCUT2D eigenvalue weighted by atomic mass is 10.0. The first-order valence-corrected chi connectivity index (χ1v) is 10.1. The van der Waals surface area contributed by atoms with Crippen molar-refractivity contribution >= 4 is 39.0 Å². The summed E-state index contributed by atoms with van der Waals surface area (Å²) in [6.45, 7) is 4.13. The first-order chi connectivity index (χ1) is 13.8. The molecule has 7 nitrogen and oxygen atoms in total. The molecule has 0 saturated heterocycles. The smallest absolute Gasteiger partial charge is 0.341 e. The molecule has 29 heavy (non-hydrogen) atoms. The third kappa shape index (κ3) is 4.37. The largest absolute Gasteiger partial charge is 0.465 e. The van der Waals surface area contributed by atoms with E-state index in [-0.39, 0.29) is 17.9 Å². The monoisotopic (exact) mass is 413 g/mol. The molecule has 0 fully saturated rings. The summed E-state index contributed by atoms with van der Waals surface area (Å²) in [7, 11) is 2.88. The van der Waals surface area contributed by atoms with E-state index >= 15 is 0 Å². The van der Waals surface area contributed by atoms with E-state index in [0.29, 0.717) is 39.4 Å². The van der Waals surface area contributed by atoms with E-state index in [2.05, 4.69) is 24.3 Å². The number of anilines is 1. The van der Waals surface area contributed by atoms with Crippen LogP contribution in [0, 0.1) is 5.92 Å². The van der Waals surface area contributed by atoms with Crippen molar-refractivity contribution in [2.45, 2.75) is 26.7 Å². The molecule has 3 rings (SSSR count). The second kappa shape index (κ2) is 8.57. The van der Waals surface area contributed by atoms with E-state index in [0.717, 1.165) is 5.56 Å². The zero-order chi connectivity index (χ0) is 21.1. The van der Waals surface area contributed by atoms with Crippen LogP contribution in [-0.4, -0.2) is 28.8 Å². The number of amides is 1. The Labute approximate surface area is 172 Å². The van der Waals surface area contributed by atoms with Crippen LogP contribution in [0.2, 0.25) is 0 Å². The number of aromatic nitrogens is 2. The van der Waals surface area contributed by atoms with Gasteiger partial charge in [0.2, 0.25) is 5.91 Å². The van der Waals surface area contributed by atoms with Crippen LogP contribution in [0.25, 0.3) is 10.8 Å². The fraction of sp³-hybridized carbons (Fsp3) is 0.333. The van der Waals surface area contributed by atoms with Crippen LogP contribution in [0.1, 0.15) is 35.5 Å². The van der Waals surface area contributed by atoms with Crippen molar-refractivity contribution in [1.29, 1.82) is 0 Å². The lowest BCUT2D eigenvalue weighted by Crippen LogP contribution is -2.24. The first kappa shape index (κ1) is 20.7. The van der Waals surface area contributed by atoms with Crippen molar-refractivity contribution in [3.63, 3.8) is 0 Å². The SMILES string of the molecule is COC(=O)c1c(CC(C)C)csc1NC(=O)Cc1nn(C)c(=O)c2ccccc12. The van der Waals surface area contributed by atoms with Crippen LogP contribution >= 0.6 is 11.3 Å². The Hall–Kier alpha value is -3.00. The van der Waals surface area contributed by atoms with Gasteiger partial charge in [-0.2, -0.15) is 5.10 Å². The molecule has 2 aromatic heterocycles. The van der Waals surface area contributed by atoms with Crippen molar-refractivity contribution in [3.05, 3.63) is 56.8 Å². The molecule has 0 aliphatic heterocycles. The zero-order valence-corrected chi connectivity index (χ0v) is 17.6. The lowest BCUT2D eigenvalue weighted by molar-refractivity contribution is -0.115. The van der Waals surface area contributed by atoms with Crippen molar-refractivity contribution in [1.82, 2.24) is 9.78 Å². The highest BCUT2D eigenvalue weighted by Crippen LogP contribution is 2.31. The van der Waals surface area contributed by atoms with Gasteiger partial charge in [-0.25, -0.2) is 9.48 Å². The van der Waals surface area contributed by atoms with Gasteiger partial charge >= 0.3 is 5.97 Å². The van der Waals surface area contributed by atoms with Gasteiger partial charge in [-0.15, -0.1) is 11.3 Å². The summed E-state index contributed by atoms with van der Waals surface area (Å²) in [5.41, 5.74) is 1.55. The molecule has 152 valence electrons. The summed E-state index contributed by atoms with van der Waals surface area (Å²) < 4.78 is 6.14. The average molecular weight is 413 g/mol. The van der Waals surface area contributed by atoms with Crippen LogP contribution < -0.4 is 10.9 Å². The number of ether oxygens (including phenoxy) is 1. The van der Waals surface area contributed by atoms with E-state index in [4.69, 9.17) is 4.74 Å². The van der Waals surface area contributed by atoms with Gasteiger partial charge in [0.25, 0.3) is 5.56 Å². The first-order valence-electron chi connectivity index (χ1n) is 9.25. The number of benzene rings is 1. The summed E-state index contributed by atoms with van der Waals surface area (Å²) in [4.78, 5) is 37.3. The molecule has 1 N–H and O–H groups in total. The Morgan fingerprint density at radius 3 is 2.59 bits per heavy atom. The Balaban J connectivity index is 1.90. The summed E-state index contributed by atoms with van der Waals surface area (Å²) in [5, 5.41) is 10.6. The molecule has 1 aromatic carbocycles. The second-order valence-corrected chi connectivity index (χ2v) is 8.08. The van der Waals surface area contributed by atoms with Crippen LogP contribution in [0.4, 0.5) is 5.00 Å². The summed E-state index contributed by atoms with van der Waals surface area (Å²) in [6, 6.07) is 7.07. The van der Waals surface area contributed by atoms with E-state index in [1.165, 1.54) is 23.1 Å². The summed E-state index contributed by atoms with van der Waals surface area (Å²) >= 11 is 1.30. The number of thiophene rings is 1. The number of carbonyl (C=O) groups excluding carboxylic acids is 2. The van der Waals surface area contributed by atoms with Crippen LogP contribution in [-0.2, 0) is 29.4 Å². The number of nitrogens with one attached hydrogen (secondary N) is 1. The standard InChI is InChI=1S/C21H23N3O4S/c1-12(2)9-13-11-29-19(18(13)21(27)28-4)22-17(25)10-16-14-7-5-6-8-15(14)20(26)24(3)23-16/h5-8,11-12H,9-10H2,1-4H3,(H,22,25). The predicted octanol–water partition coefficient (Wildman–Crippen LogP) is 3.16. The molecular formula is C21H23N3O4S. The maximum Gasteiger partial charge on any atom is 0.341 e. The van der Waals surface area contributed by atoms with Crippen molar-refractivity contribution in [2.75, 3.05) is 12.4 Å². The van der Waals surface area contributed by atoms with Gasteiger partial charge in [-0.1, -0.05) is 32.0 Å². The molecule has 8 heteroatoms. The van der Waals surface area contributed by atoms with Gasteiger partial charge < -0.3 is 10.1 Å². The van der Waals surface area contributed by atoms with E-state index in [1.807, 2.05) is 5.38 Å². The van der Waals surface area contributed by atoms with Gasteiger partial charge in [-0.05, 0) is 29.3 Å². The minimum atomic E-state index is -0.470. The fourth-order valence-corrected chi connectivity index (χ4v) is 4.21. The minimum Gasteiger partial charge on any atom is -0.465 e. The molecule has 3 aromatic rings. The van der Waals surface area contributed by atoms with Crippen LogP contribution in [0.5, 0.6) is 0 Å². The number of carbonyl (C=O) groups is 2.